The molecule has 4 heteroatoms. The largest absolute Gasteiger partial charge is 0.469 e. The summed E-state index contributed by atoms with van der Waals surface area (Å²) < 4.78 is 5.04. The number of nitrogens with zero attached hydrogens (tertiary/aromatic N) is 1. The fraction of sp³-hybridized carbons (Fsp3) is 0.350. The number of carbonyl (C=O) groups is 1. The average molecular weight is 344 g/mol. The second kappa shape index (κ2) is 7.82. The number of rotatable bonds is 4. The molecule has 3 rings (SSSR count). The van der Waals surface area contributed by atoms with Crippen molar-refractivity contribution in [2.75, 3.05) is 20.2 Å². The first-order chi connectivity index (χ1) is 11.7. The standard InChI is InChI=1S/C20H22ClNO2/c1-24-20(23)18-11-12-22(13-15-5-3-2-4-6-15)14-19(18)16-7-9-17(21)10-8-16/h2-10,18-19H,11-14H2,1H3/t18-,19+/m1/s1. The molecule has 2 aromatic carbocycles. The number of methoxy groups -OCH3 is 1. The van der Waals surface area contributed by atoms with E-state index in [2.05, 4.69) is 29.2 Å². The van der Waals surface area contributed by atoms with E-state index < -0.39 is 0 Å². The van der Waals surface area contributed by atoms with Crippen LogP contribution in [0.15, 0.2) is 54.6 Å². The molecule has 1 aliphatic heterocycles. The van der Waals surface area contributed by atoms with Crippen molar-refractivity contribution in [1.29, 1.82) is 0 Å². The van der Waals surface area contributed by atoms with Gasteiger partial charge in [-0.2, -0.15) is 0 Å². The molecule has 1 saturated heterocycles. The van der Waals surface area contributed by atoms with E-state index in [9.17, 15) is 4.79 Å². The molecule has 0 amide bonds. The first-order valence-corrected chi connectivity index (χ1v) is 8.64. The number of ether oxygens (including phenoxy) is 1. The van der Waals surface area contributed by atoms with Gasteiger partial charge in [0, 0.05) is 24.0 Å². The Morgan fingerprint density at radius 1 is 1.17 bits per heavy atom. The van der Waals surface area contributed by atoms with E-state index in [0.717, 1.165) is 31.6 Å². The Morgan fingerprint density at radius 2 is 1.88 bits per heavy atom. The minimum Gasteiger partial charge on any atom is -0.469 e. The highest BCUT2D eigenvalue weighted by Gasteiger charge is 2.35. The monoisotopic (exact) mass is 343 g/mol. The molecule has 0 aromatic heterocycles. The molecule has 126 valence electrons. The molecular formula is C20H22ClNO2. The predicted molar refractivity (Wildman–Crippen MR) is 96.0 cm³/mol. The number of hydrogen-bond acceptors (Lipinski definition) is 3. The van der Waals surface area contributed by atoms with Gasteiger partial charge in [-0.05, 0) is 36.2 Å². The first kappa shape index (κ1) is 17.0. The van der Waals surface area contributed by atoms with E-state index in [1.807, 2.05) is 30.3 Å². The van der Waals surface area contributed by atoms with Gasteiger partial charge in [-0.3, -0.25) is 9.69 Å². The molecule has 2 aromatic rings. The van der Waals surface area contributed by atoms with Crippen LogP contribution >= 0.6 is 11.6 Å². The maximum absolute atomic E-state index is 12.2. The van der Waals surface area contributed by atoms with E-state index in [-0.39, 0.29) is 17.8 Å². The van der Waals surface area contributed by atoms with E-state index >= 15 is 0 Å². The molecule has 1 aliphatic rings. The van der Waals surface area contributed by atoms with Crippen molar-refractivity contribution in [3.63, 3.8) is 0 Å². The number of carbonyl (C=O) groups excluding carboxylic acids is 1. The number of benzene rings is 2. The van der Waals surface area contributed by atoms with Gasteiger partial charge in [0.25, 0.3) is 0 Å². The van der Waals surface area contributed by atoms with Crippen LogP contribution in [0.4, 0.5) is 0 Å². The Bertz CT molecular complexity index is 672. The van der Waals surface area contributed by atoms with Crippen LogP contribution in [0.3, 0.4) is 0 Å². The van der Waals surface area contributed by atoms with Crippen molar-refractivity contribution in [3.05, 3.63) is 70.7 Å². The molecule has 0 saturated carbocycles. The van der Waals surface area contributed by atoms with Crippen LogP contribution in [-0.2, 0) is 16.1 Å². The van der Waals surface area contributed by atoms with Crippen molar-refractivity contribution in [3.8, 4) is 0 Å². The maximum Gasteiger partial charge on any atom is 0.309 e. The first-order valence-electron chi connectivity index (χ1n) is 8.27. The third kappa shape index (κ3) is 3.97. The van der Waals surface area contributed by atoms with Crippen molar-refractivity contribution in [2.45, 2.75) is 18.9 Å². The third-order valence-electron chi connectivity index (χ3n) is 4.75. The lowest BCUT2D eigenvalue weighted by molar-refractivity contribution is -0.148. The molecule has 0 N–H and O–H groups in total. The summed E-state index contributed by atoms with van der Waals surface area (Å²) in [5.41, 5.74) is 2.44. The highest BCUT2D eigenvalue weighted by molar-refractivity contribution is 6.30. The highest BCUT2D eigenvalue weighted by atomic mass is 35.5. The zero-order valence-electron chi connectivity index (χ0n) is 13.8. The summed E-state index contributed by atoms with van der Waals surface area (Å²) in [6, 6.07) is 18.3. The Balaban J connectivity index is 1.79. The van der Waals surface area contributed by atoms with Gasteiger partial charge in [0.1, 0.15) is 0 Å². The molecule has 0 bridgehead atoms. The zero-order valence-corrected chi connectivity index (χ0v) is 14.6. The van der Waals surface area contributed by atoms with Crippen molar-refractivity contribution in [1.82, 2.24) is 4.90 Å². The summed E-state index contributed by atoms with van der Waals surface area (Å²) in [6.07, 6.45) is 0.812. The van der Waals surface area contributed by atoms with E-state index in [4.69, 9.17) is 16.3 Å². The second-order valence-corrected chi connectivity index (χ2v) is 6.73. The van der Waals surface area contributed by atoms with Gasteiger partial charge < -0.3 is 4.74 Å². The number of hydrogen-bond donors (Lipinski definition) is 0. The van der Waals surface area contributed by atoms with Crippen LogP contribution in [0.1, 0.15) is 23.5 Å². The lowest BCUT2D eigenvalue weighted by atomic mass is 9.80. The Kier molecular flexibility index (Phi) is 5.54. The van der Waals surface area contributed by atoms with Gasteiger partial charge in [0.15, 0.2) is 0 Å². The predicted octanol–water partition coefficient (Wildman–Crippen LogP) is 4.12. The van der Waals surface area contributed by atoms with Crippen LogP contribution in [0.25, 0.3) is 0 Å². The molecule has 0 spiro atoms. The topological polar surface area (TPSA) is 29.5 Å². The molecule has 2 atom stereocenters. The summed E-state index contributed by atoms with van der Waals surface area (Å²) in [5.74, 6) is -0.0790. The minimum atomic E-state index is -0.116. The van der Waals surface area contributed by atoms with Gasteiger partial charge in [0.05, 0.1) is 13.0 Å². The molecule has 0 aliphatic carbocycles. The fourth-order valence-electron chi connectivity index (χ4n) is 3.49. The van der Waals surface area contributed by atoms with Crippen molar-refractivity contribution in [2.24, 2.45) is 5.92 Å². The summed E-state index contributed by atoms with van der Waals surface area (Å²) in [5, 5.41) is 0.713. The third-order valence-corrected chi connectivity index (χ3v) is 5.00. The molecule has 24 heavy (non-hydrogen) atoms. The quantitative estimate of drug-likeness (QED) is 0.782. The number of likely N-dealkylation sites (tertiary alicyclic amines) is 1. The Labute approximate surface area is 148 Å². The van der Waals surface area contributed by atoms with E-state index in [1.54, 1.807) is 0 Å². The smallest absolute Gasteiger partial charge is 0.309 e. The molecule has 0 radical (unpaired) electrons. The lowest BCUT2D eigenvalue weighted by Crippen LogP contribution is -2.42. The Morgan fingerprint density at radius 3 is 2.54 bits per heavy atom. The molecular weight excluding hydrogens is 322 g/mol. The van der Waals surface area contributed by atoms with Gasteiger partial charge in [-0.15, -0.1) is 0 Å². The van der Waals surface area contributed by atoms with Crippen LogP contribution < -0.4 is 0 Å². The normalized spacial score (nSPS) is 21.4. The van der Waals surface area contributed by atoms with Crippen LogP contribution in [0, 0.1) is 5.92 Å². The molecule has 0 unspecified atom stereocenters. The van der Waals surface area contributed by atoms with Crippen LogP contribution in [-0.4, -0.2) is 31.1 Å². The van der Waals surface area contributed by atoms with Gasteiger partial charge >= 0.3 is 5.97 Å². The maximum atomic E-state index is 12.2. The Hall–Kier alpha value is -1.84. The molecule has 1 heterocycles. The molecule has 1 fully saturated rings. The van der Waals surface area contributed by atoms with E-state index in [1.165, 1.54) is 12.7 Å². The minimum absolute atomic E-state index is 0.0943. The van der Waals surface area contributed by atoms with Crippen LogP contribution in [0.5, 0.6) is 0 Å². The average Bonchev–Trinajstić information content (AvgIpc) is 2.62. The molecule has 3 nitrogen and oxygen atoms in total. The summed E-state index contributed by atoms with van der Waals surface area (Å²) in [6.45, 7) is 2.65. The number of halogens is 1. The summed E-state index contributed by atoms with van der Waals surface area (Å²) in [4.78, 5) is 14.6. The lowest BCUT2D eigenvalue weighted by Gasteiger charge is -2.37. The fourth-order valence-corrected chi connectivity index (χ4v) is 3.61. The summed E-state index contributed by atoms with van der Waals surface area (Å²) in [7, 11) is 1.47. The zero-order chi connectivity index (χ0) is 16.9. The number of piperidine rings is 1. The second-order valence-electron chi connectivity index (χ2n) is 6.30. The van der Waals surface area contributed by atoms with E-state index in [0.29, 0.717) is 5.02 Å². The number of esters is 1. The van der Waals surface area contributed by atoms with Gasteiger partial charge in [-0.1, -0.05) is 54.1 Å². The summed E-state index contributed by atoms with van der Waals surface area (Å²) >= 11 is 6.01. The highest BCUT2D eigenvalue weighted by Crippen LogP contribution is 2.34. The SMILES string of the molecule is COC(=O)[C@@H]1CCN(Cc2ccccc2)C[C@H]1c1ccc(Cl)cc1. The van der Waals surface area contributed by atoms with Crippen LogP contribution in [0.2, 0.25) is 5.02 Å². The van der Waals surface area contributed by atoms with Crippen molar-refractivity contribution >= 4 is 17.6 Å². The van der Waals surface area contributed by atoms with Gasteiger partial charge in [0.2, 0.25) is 0 Å². The van der Waals surface area contributed by atoms with Crippen molar-refractivity contribution < 1.29 is 9.53 Å². The van der Waals surface area contributed by atoms with Gasteiger partial charge in [-0.25, -0.2) is 0 Å².